The smallest absolute Gasteiger partial charge is 0.328 e. The van der Waals surface area contributed by atoms with Gasteiger partial charge in [0, 0.05) is 63.0 Å². The molecule has 0 spiro atoms. The minimum Gasteiger partial charge on any atom is -0.499 e. The molecule has 26 heavy (non-hydrogen) atoms. The van der Waals surface area contributed by atoms with Crippen LogP contribution in [0, 0.1) is 0 Å². The Morgan fingerprint density at radius 1 is 0.462 bits per heavy atom. The summed E-state index contributed by atoms with van der Waals surface area (Å²) in [5, 5.41) is 47.0. The first kappa shape index (κ1) is 35.8. The number of carbonyl (C=O) groups is 3. The molecule has 0 saturated heterocycles. The predicted octanol–water partition coefficient (Wildman–Crippen LogP) is 1.53. The molecule has 14 heteroatoms. The average Bonchev–Trinajstić information content (AvgIpc) is 2.42. The van der Waals surface area contributed by atoms with E-state index in [4.69, 9.17) is 30.6 Å². The molecule has 9 nitrogen and oxygen atoms in total. The van der Waals surface area contributed by atoms with Crippen molar-refractivity contribution in [3.63, 3.8) is 0 Å². The van der Waals surface area contributed by atoms with E-state index in [1.807, 2.05) is 0 Å². The van der Waals surface area contributed by atoms with Gasteiger partial charge >= 0.3 is 17.9 Å². The van der Waals surface area contributed by atoms with Gasteiger partial charge in [-0.2, -0.15) is 0 Å². The maximum absolute atomic E-state index is 9.65. The van der Waals surface area contributed by atoms with Crippen molar-refractivity contribution in [2.75, 3.05) is 0 Å². The molecule has 0 saturated carbocycles. The van der Waals surface area contributed by atoms with Gasteiger partial charge in [-0.1, -0.05) is 0 Å². The molecule has 2 radical (unpaired) electrons. The second kappa shape index (κ2) is 23.8. The van der Waals surface area contributed by atoms with Gasteiger partial charge in [0.15, 0.2) is 15.2 Å². The van der Waals surface area contributed by atoms with Crippen molar-refractivity contribution in [3.8, 4) is 0 Å². The van der Waals surface area contributed by atoms with Crippen LogP contribution in [0.4, 0.5) is 0 Å². The molecule has 6 N–H and O–H groups in total. The average molecular weight is 790 g/mol. The molecule has 0 aliphatic rings. The molecular formula is C12H12Au2O9S3. The Balaban J connectivity index is -0.0000000817. The molecule has 0 fully saturated rings. The summed E-state index contributed by atoms with van der Waals surface area (Å²) in [6, 6.07) is 0. The summed E-state index contributed by atoms with van der Waals surface area (Å²) in [5.41, 5.74) is 0. The van der Waals surface area contributed by atoms with Gasteiger partial charge in [-0.3, -0.25) is 0 Å². The van der Waals surface area contributed by atoms with E-state index in [1.165, 1.54) is 0 Å². The normalized spacial score (nSPS) is 8.77. The molecule has 0 amide bonds. The molecule has 0 unspecified atom stereocenters. The van der Waals surface area contributed by atoms with Crippen LogP contribution in [0.2, 0.25) is 0 Å². The Morgan fingerprint density at radius 3 is 0.654 bits per heavy atom. The summed E-state index contributed by atoms with van der Waals surface area (Å²) < 4.78 is 0. The number of hydrogen-bond acceptors (Lipinski definition) is 6. The number of carboxylic acids is 3. The molecule has 0 bridgehead atoms. The zero-order valence-corrected chi connectivity index (χ0v) is 19.0. The number of hydrogen-bond donors (Lipinski definition) is 6. The fourth-order valence-corrected chi connectivity index (χ4v) is 0.632. The molecule has 0 atom stereocenters. The number of rotatable bonds is 6. The van der Waals surface area contributed by atoms with Crippen LogP contribution in [0.5, 0.6) is 0 Å². The zero-order chi connectivity index (χ0) is 19.7. The molecule has 0 rings (SSSR count). The third-order valence-corrected chi connectivity index (χ3v) is 1.51. The van der Waals surface area contributed by atoms with Crippen LogP contribution < -0.4 is 0 Å². The number of aliphatic carboxylic acids is 3. The second-order valence-electron chi connectivity index (χ2n) is 3.03. The van der Waals surface area contributed by atoms with Gasteiger partial charge in [-0.15, -0.1) is 0 Å². The van der Waals surface area contributed by atoms with Crippen molar-refractivity contribution >= 4 is 69.7 Å². The van der Waals surface area contributed by atoms with Gasteiger partial charge in [0.2, 0.25) is 0 Å². The molecule has 0 aliphatic heterocycles. The summed E-state index contributed by atoms with van der Waals surface area (Å²) in [6.07, 6.45) is 5.08. The molecule has 0 aliphatic carbocycles. The summed E-state index contributed by atoms with van der Waals surface area (Å²) in [6.45, 7) is 0. The van der Waals surface area contributed by atoms with Crippen molar-refractivity contribution < 1.29 is 89.8 Å². The standard InChI is InChI=1S/3C4H4O3S.2Au/c3*5-3(6)1-2-4(7)8;;/h3*1-2H,(H,5,6)(H,7,8);;/b3*2-1-;;. The van der Waals surface area contributed by atoms with Crippen LogP contribution in [-0.4, -0.2) is 63.7 Å². The van der Waals surface area contributed by atoms with Crippen LogP contribution in [0.1, 0.15) is 0 Å². The van der Waals surface area contributed by atoms with E-state index in [2.05, 4.69) is 36.7 Å². The van der Waals surface area contributed by atoms with Gasteiger partial charge in [0.1, 0.15) is 0 Å². The van der Waals surface area contributed by atoms with Gasteiger partial charge in [0.05, 0.1) is 0 Å². The third-order valence-electron chi connectivity index (χ3n) is 1.11. The monoisotopic (exact) mass is 790 g/mol. The van der Waals surface area contributed by atoms with Crippen molar-refractivity contribution in [1.82, 2.24) is 0 Å². The quantitative estimate of drug-likeness (QED) is 0.131. The van der Waals surface area contributed by atoms with E-state index in [1.54, 1.807) is 0 Å². The summed E-state index contributed by atoms with van der Waals surface area (Å²) in [7, 11) is 0. The molecule has 0 aromatic rings. The first-order valence-electron chi connectivity index (χ1n) is 5.30. The molecule has 0 heterocycles. The molecular weight excluding hydrogens is 778 g/mol. The topological polar surface area (TPSA) is 173 Å². The van der Waals surface area contributed by atoms with E-state index in [0.717, 1.165) is 36.5 Å². The fourth-order valence-electron chi connectivity index (χ4n) is 0.428. The van der Waals surface area contributed by atoms with Crippen molar-refractivity contribution in [1.29, 1.82) is 0 Å². The molecule has 154 valence electrons. The summed E-state index contributed by atoms with van der Waals surface area (Å²) >= 11 is 12.4. The van der Waals surface area contributed by atoms with E-state index in [-0.39, 0.29) is 44.8 Å². The van der Waals surface area contributed by atoms with Gasteiger partial charge in [-0.05, 0) is 54.9 Å². The minimum atomic E-state index is -1.12. The van der Waals surface area contributed by atoms with Gasteiger partial charge in [0.25, 0.3) is 0 Å². The molecule has 0 aromatic carbocycles. The first-order chi connectivity index (χ1) is 10.9. The Labute approximate surface area is 194 Å². The predicted molar refractivity (Wildman–Crippen MR) is 96.0 cm³/mol. The van der Waals surface area contributed by atoms with Crippen molar-refractivity contribution in [2.45, 2.75) is 0 Å². The van der Waals surface area contributed by atoms with E-state index < -0.39 is 33.1 Å². The number of aliphatic hydroxyl groups is 3. The first-order valence-corrected chi connectivity index (χ1v) is 6.52. The zero-order valence-electron chi connectivity index (χ0n) is 12.2. The van der Waals surface area contributed by atoms with Crippen LogP contribution in [0.15, 0.2) is 36.5 Å². The largest absolute Gasteiger partial charge is 0.499 e. The van der Waals surface area contributed by atoms with E-state index in [0.29, 0.717) is 0 Å². The number of thiocarbonyl (C=S) groups is 3. The Bertz CT molecular complexity index is 458. The third kappa shape index (κ3) is 56.9. The second-order valence-corrected chi connectivity index (χ2v) is 4.28. The van der Waals surface area contributed by atoms with Crippen LogP contribution >= 0.6 is 36.7 Å². The van der Waals surface area contributed by atoms with E-state index >= 15 is 0 Å². The fraction of sp³-hybridized carbons (Fsp3) is 0. The van der Waals surface area contributed by atoms with Crippen LogP contribution in [-0.2, 0) is 59.1 Å². The minimum absolute atomic E-state index is 0. The van der Waals surface area contributed by atoms with Crippen LogP contribution in [0.3, 0.4) is 0 Å². The number of carboxylic acid groups (broad SMARTS) is 3. The maximum Gasteiger partial charge on any atom is 0.328 e. The Morgan fingerprint density at radius 2 is 0.615 bits per heavy atom. The van der Waals surface area contributed by atoms with E-state index in [9.17, 15) is 14.4 Å². The van der Waals surface area contributed by atoms with Gasteiger partial charge < -0.3 is 30.6 Å². The van der Waals surface area contributed by atoms with Crippen LogP contribution in [0.25, 0.3) is 0 Å². The van der Waals surface area contributed by atoms with Crippen molar-refractivity contribution in [3.05, 3.63) is 36.5 Å². The molecule has 0 aromatic heterocycles. The SMILES string of the molecule is O=C(O)/C=C\C(O)=S.O=C(O)/C=C\C(O)=S.O=C(O)/C=C\C(O)=S.[Au].[Au]. The Hall–Kier alpha value is -1.22. The summed E-state index contributed by atoms with van der Waals surface area (Å²) in [4.78, 5) is 28.9. The Kier molecular flexibility index (Phi) is 32.8. The summed E-state index contributed by atoms with van der Waals surface area (Å²) in [5.74, 6) is -3.37. The number of aliphatic hydroxyl groups excluding tert-OH is 3. The van der Waals surface area contributed by atoms with Gasteiger partial charge in [-0.25, -0.2) is 14.4 Å². The maximum atomic E-state index is 9.65. The van der Waals surface area contributed by atoms with Crippen molar-refractivity contribution in [2.24, 2.45) is 0 Å².